The first-order valence-corrected chi connectivity index (χ1v) is 9.09. The topological polar surface area (TPSA) is 79.5 Å². The van der Waals surface area contributed by atoms with Crippen LogP contribution in [0, 0.1) is 11.8 Å². The summed E-state index contributed by atoms with van der Waals surface area (Å²) in [5.74, 6) is 0.155. The van der Waals surface area contributed by atoms with Gasteiger partial charge in [0.05, 0.1) is 5.56 Å². The fourth-order valence-corrected chi connectivity index (χ4v) is 3.72. The van der Waals surface area contributed by atoms with Gasteiger partial charge in [0.1, 0.15) is 11.6 Å². The highest BCUT2D eigenvalue weighted by atomic mass is 19.4. The van der Waals surface area contributed by atoms with Crippen molar-refractivity contribution in [2.45, 2.75) is 25.4 Å². The Kier molecular flexibility index (Phi) is 5.69. The number of aromatic nitrogens is 1. The molecule has 2 fully saturated rings. The Morgan fingerprint density at radius 1 is 1.15 bits per heavy atom. The largest absolute Gasteiger partial charge is 0.417 e. The van der Waals surface area contributed by atoms with E-state index in [0.29, 0.717) is 45.0 Å². The third-order valence-electron chi connectivity index (χ3n) is 5.41. The molecule has 27 heavy (non-hydrogen) atoms. The molecule has 2 atom stereocenters. The van der Waals surface area contributed by atoms with Crippen molar-refractivity contribution in [1.29, 1.82) is 0 Å². The molecule has 0 aromatic carbocycles. The molecule has 6 nitrogen and oxygen atoms in total. The molecule has 0 spiro atoms. The minimum atomic E-state index is -4.41. The van der Waals surface area contributed by atoms with E-state index in [1.165, 1.54) is 6.07 Å². The van der Waals surface area contributed by atoms with Crippen LogP contribution in [-0.4, -0.2) is 54.3 Å². The summed E-state index contributed by atoms with van der Waals surface area (Å²) in [6.45, 7) is 2.25. The lowest BCUT2D eigenvalue weighted by atomic mass is 9.99. The summed E-state index contributed by atoms with van der Waals surface area (Å²) in [5.41, 5.74) is 4.79. The molecule has 9 heteroatoms. The molecule has 0 radical (unpaired) electrons. The molecule has 1 saturated heterocycles. The van der Waals surface area contributed by atoms with Crippen LogP contribution < -0.4 is 10.6 Å². The lowest BCUT2D eigenvalue weighted by Gasteiger charge is -2.35. The first-order valence-electron chi connectivity index (χ1n) is 9.09. The van der Waals surface area contributed by atoms with Gasteiger partial charge in [-0.25, -0.2) is 4.98 Å². The zero-order valence-corrected chi connectivity index (χ0v) is 14.9. The van der Waals surface area contributed by atoms with E-state index < -0.39 is 11.7 Å². The number of rotatable bonds is 4. The highest BCUT2D eigenvalue weighted by Crippen LogP contribution is 2.31. The predicted octanol–water partition coefficient (Wildman–Crippen LogP) is 1.69. The van der Waals surface area contributed by atoms with Gasteiger partial charge in [-0.15, -0.1) is 0 Å². The van der Waals surface area contributed by atoms with E-state index in [0.717, 1.165) is 18.7 Å². The fourth-order valence-electron chi connectivity index (χ4n) is 3.72. The summed E-state index contributed by atoms with van der Waals surface area (Å²) in [7, 11) is 0. The van der Waals surface area contributed by atoms with Gasteiger partial charge in [-0.2, -0.15) is 13.2 Å². The maximum absolute atomic E-state index is 12.6. The van der Waals surface area contributed by atoms with Crippen molar-refractivity contribution in [2.24, 2.45) is 17.6 Å². The number of amides is 1. The number of hydrogen-bond donors (Lipinski definition) is 1. The van der Waals surface area contributed by atoms with Crippen molar-refractivity contribution in [2.75, 3.05) is 37.6 Å². The predicted molar refractivity (Wildman–Crippen MR) is 92.9 cm³/mol. The summed E-state index contributed by atoms with van der Waals surface area (Å²) < 4.78 is 37.8. The number of carbonyl (C=O) groups excluding carboxylic acids is 2. The van der Waals surface area contributed by atoms with Crippen LogP contribution in [0.2, 0.25) is 0 Å². The van der Waals surface area contributed by atoms with Crippen molar-refractivity contribution in [1.82, 2.24) is 9.88 Å². The summed E-state index contributed by atoms with van der Waals surface area (Å²) in [5, 5.41) is 0. The molecular weight excluding hydrogens is 361 g/mol. The van der Waals surface area contributed by atoms with Crippen LogP contribution in [0.15, 0.2) is 18.3 Å². The van der Waals surface area contributed by atoms with E-state index in [1.54, 1.807) is 4.90 Å². The maximum atomic E-state index is 12.6. The van der Waals surface area contributed by atoms with Gasteiger partial charge < -0.3 is 15.5 Å². The molecule has 1 amide bonds. The Hall–Kier alpha value is -2.16. The average Bonchev–Trinajstić information content (AvgIpc) is 3.01. The average molecular weight is 384 g/mol. The van der Waals surface area contributed by atoms with E-state index in [2.05, 4.69) is 4.98 Å². The summed E-state index contributed by atoms with van der Waals surface area (Å²) in [6.07, 6.45) is -1.90. The van der Waals surface area contributed by atoms with Crippen LogP contribution >= 0.6 is 0 Å². The Bertz CT molecular complexity index is 685. The second kappa shape index (κ2) is 7.84. The number of alkyl halides is 3. The van der Waals surface area contributed by atoms with Gasteiger partial charge in [-0.1, -0.05) is 0 Å². The van der Waals surface area contributed by atoms with Crippen LogP contribution in [0.5, 0.6) is 0 Å². The van der Waals surface area contributed by atoms with E-state index in [1.807, 2.05) is 4.90 Å². The van der Waals surface area contributed by atoms with E-state index in [4.69, 9.17) is 5.73 Å². The molecule has 1 aliphatic heterocycles. The van der Waals surface area contributed by atoms with Gasteiger partial charge in [0.15, 0.2) is 0 Å². The second-order valence-electron chi connectivity index (χ2n) is 7.08. The molecule has 3 rings (SSSR count). The molecule has 2 aliphatic rings. The second-order valence-corrected chi connectivity index (χ2v) is 7.08. The molecular formula is C18H23F3N4O2. The quantitative estimate of drug-likeness (QED) is 0.855. The van der Waals surface area contributed by atoms with Crippen molar-refractivity contribution < 1.29 is 22.8 Å². The zero-order valence-electron chi connectivity index (χ0n) is 14.9. The summed E-state index contributed by atoms with van der Waals surface area (Å²) in [4.78, 5) is 32.1. The Morgan fingerprint density at radius 3 is 2.33 bits per heavy atom. The molecule has 2 N–H and O–H groups in total. The highest BCUT2D eigenvalue weighted by Gasteiger charge is 2.36. The number of piperazine rings is 1. The molecule has 2 heterocycles. The van der Waals surface area contributed by atoms with Crippen molar-refractivity contribution in [3.05, 3.63) is 23.9 Å². The minimum Gasteiger partial charge on any atom is -0.353 e. The number of carbonyl (C=O) groups is 2. The smallest absolute Gasteiger partial charge is 0.353 e. The first-order chi connectivity index (χ1) is 12.8. The SMILES string of the molecule is NCC1CCC(CC(=O)N2CCN(c3ccc(C(F)(F)F)cn3)CC2)C1=O. The summed E-state index contributed by atoms with van der Waals surface area (Å²) in [6, 6.07) is 2.36. The number of nitrogens with zero attached hydrogens (tertiary/aromatic N) is 3. The lowest BCUT2D eigenvalue weighted by molar-refractivity contribution is -0.138. The minimum absolute atomic E-state index is 0.0500. The van der Waals surface area contributed by atoms with Gasteiger partial charge in [-0.05, 0) is 25.0 Å². The lowest BCUT2D eigenvalue weighted by Crippen LogP contribution is -2.49. The maximum Gasteiger partial charge on any atom is 0.417 e. The van der Waals surface area contributed by atoms with Crippen LogP contribution in [0.1, 0.15) is 24.8 Å². The number of anilines is 1. The highest BCUT2D eigenvalue weighted by molar-refractivity contribution is 5.90. The van der Waals surface area contributed by atoms with Crippen LogP contribution in [-0.2, 0) is 15.8 Å². The molecule has 1 aliphatic carbocycles. The normalized spacial score (nSPS) is 23.8. The first kappa shape index (κ1) is 19.6. The number of nitrogens with two attached hydrogens (primary N) is 1. The summed E-state index contributed by atoms with van der Waals surface area (Å²) >= 11 is 0. The van der Waals surface area contributed by atoms with Crippen molar-refractivity contribution in [3.8, 4) is 0 Å². The Balaban J connectivity index is 1.51. The van der Waals surface area contributed by atoms with Gasteiger partial charge in [-0.3, -0.25) is 9.59 Å². The Morgan fingerprint density at radius 2 is 1.81 bits per heavy atom. The Labute approximate surface area is 155 Å². The van der Waals surface area contributed by atoms with Crippen LogP contribution in [0.25, 0.3) is 0 Å². The molecule has 148 valence electrons. The van der Waals surface area contributed by atoms with E-state index in [-0.39, 0.29) is 29.9 Å². The number of pyridine rings is 1. The molecule has 1 aromatic heterocycles. The fraction of sp³-hybridized carbons (Fsp3) is 0.611. The monoisotopic (exact) mass is 384 g/mol. The van der Waals surface area contributed by atoms with Gasteiger partial charge in [0.25, 0.3) is 0 Å². The van der Waals surface area contributed by atoms with E-state index in [9.17, 15) is 22.8 Å². The molecule has 2 unspecified atom stereocenters. The van der Waals surface area contributed by atoms with Gasteiger partial charge in [0.2, 0.25) is 5.91 Å². The van der Waals surface area contributed by atoms with Crippen LogP contribution in [0.4, 0.5) is 19.0 Å². The van der Waals surface area contributed by atoms with Crippen LogP contribution in [0.3, 0.4) is 0 Å². The van der Waals surface area contributed by atoms with E-state index >= 15 is 0 Å². The third-order valence-corrected chi connectivity index (χ3v) is 5.41. The molecule has 0 bridgehead atoms. The van der Waals surface area contributed by atoms with Crippen molar-refractivity contribution in [3.63, 3.8) is 0 Å². The molecule has 1 aromatic rings. The van der Waals surface area contributed by atoms with Gasteiger partial charge >= 0.3 is 6.18 Å². The third kappa shape index (κ3) is 4.40. The number of Topliss-reactive ketones (excluding diaryl/α,β-unsaturated/α-hetero) is 1. The zero-order chi connectivity index (χ0) is 19.6. The van der Waals surface area contributed by atoms with Gasteiger partial charge in [0, 0.05) is 57.2 Å². The molecule has 1 saturated carbocycles. The number of ketones is 1. The number of hydrogen-bond acceptors (Lipinski definition) is 5. The van der Waals surface area contributed by atoms with Crippen molar-refractivity contribution >= 4 is 17.5 Å². The standard InChI is InChI=1S/C18H23F3N4O2/c19-18(20,21)14-3-4-15(23-11-14)24-5-7-25(8-6-24)16(26)9-12-1-2-13(10-22)17(12)27/h3-4,11-13H,1-2,5-10,22H2. The number of halogens is 3.